The van der Waals surface area contributed by atoms with Gasteiger partial charge in [0.05, 0.1) is 6.61 Å². The molecular formula is C18H28N6O5. The molecule has 3 atom stereocenters. The van der Waals surface area contributed by atoms with Crippen LogP contribution in [0.25, 0.3) is 0 Å². The number of aliphatic hydroxyl groups is 1. The van der Waals surface area contributed by atoms with Crippen LogP contribution in [0, 0.1) is 0 Å². The monoisotopic (exact) mass is 408 g/mol. The summed E-state index contributed by atoms with van der Waals surface area (Å²) in [6.07, 6.45) is 0.553. The van der Waals surface area contributed by atoms with E-state index in [9.17, 15) is 19.5 Å². The van der Waals surface area contributed by atoms with Crippen molar-refractivity contribution in [1.29, 1.82) is 0 Å². The van der Waals surface area contributed by atoms with Gasteiger partial charge in [-0.3, -0.25) is 14.6 Å². The van der Waals surface area contributed by atoms with Crippen molar-refractivity contribution in [2.24, 2.45) is 22.2 Å². The van der Waals surface area contributed by atoms with E-state index in [4.69, 9.17) is 22.3 Å². The third-order valence-electron chi connectivity index (χ3n) is 4.01. The molecule has 0 heterocycles. The van der Waals surface area contributed by atoms with E-state index in [1.165, 1.54) is 0 Å². The highest BCUT2D eigenvalue weighted by Gasteiger charge is 2.27. The van der Waals surface area contributed by atoms with Crippen molar-refractivity contribution < 1.29 is 24.6 Å². The van der Waals surface area contributed by atoms with E-state index in [1.807, 2.05) is 0 Å². The van der Waals surface area contributed by atoms with Crippen LogP contribution in [0.2, 0.25) is 0 Å². The van der Waals surface area contributed by atoms with Crippen molar-refractivity contribution >= 4 is 23.7 Å². The molecule has 0 aliphatic rings. The predicted molar refractivity (Wildman–Crippen MR) is 107 cm³/mol. The normalized spacial score (nSPS) is 13.6. The molecule has 0 radical (unpaired) electrons. The van der Waals surface area contributed by atoms with Crippen molar-refractivity contribution in [2.45, 2.75) is 37.4 Å². The minimum Gasteiger partial charge on any atom is -0.480 e. The van der Waals surface area contributed by atoms with Crippen LogP contribution in [0.15, 0.2) is 35.3 Å². The molecule has 160 valence electrons. The van der Waals surface area contributed by atoms with E-state index >= 15 is 0 Å². The molecule has 0 aromatic heterocycles. The van der Waals surface area contributed by atoms with Crippen molar-refractivity contribution in [3.05, 3.63) is 35.9 Å². The van der Waals surface area contributed by atoms with Crippen LogP contribution in [0.4, 0.5) is 0 Å². The van der Waals surface area contributed by atoms with Crippen LogP contribution < -0.4 is 27.8 Å². The van der Waals surface area contributed by atoms with Crippen LogP contribution in [0.3, 0.4) is 0 Å². The van der Waals surface area contributed by atoms with Crippen LogP contribution in [-0.2, 0) is 20.8 Å². The number of carbonyl (C=O) groups excluding carboxylic acids is 2. The second-order valence-corrected chi connectivity index (χ2v) is 6.39. The number of aliphatic carboxylic acids is 1. The zero-order chi connectivity index (χ0) is 21.8. The number of rotatable bonds is 12. The maximum atomic E-state index is 12.7. The number of nitrogens with two attached hydrogens (primary N) is 3. The number of amides is 2. The highest BCUT2D eigenvalue weighted by molar-refractivity contribution is 5.92. The Hall–Kier alpha value is -3.18. The lowest BCUT2D eigenvalue weighted by molar-refractivity contribution is -0.142. The molecule has 10 N–H and O–H groups in total. The van der Waals surface area contributed by atoms with Crippen LogP contribution in [-0.4, -0.2) is 65.2 Å². The van der Waals surface area contributed by atoms with Gasteiger partial charge in [0.25, 0.3) is 0 Å². The van der Waals surface area contributed by atoms with Crippen LogP contribution in [0.1, 0.15) is 18.4 Å². The summed E-state index contributed by atoms with van der Waals surface area (Å²) in [7, 11) is 0. The minimum atomic E-state index is -1.22. The molecule has 2 amide bonds. The summed E-state index contributed by atoms with van der Waals surface area (Å²) in [6.45, 7) is -0.369. The van der Waals surface area contributed by atoms with E-state index in [1.54, 1.807) is 30.3 Å². The first-order valence-electron chi connectivity index (χ1n) is 9.04. The average Bonchev–Trinajstić information content (AvgIpc) is 2.69. The fraction of sp³-hybridized carbons (Fsp3) is 0.444. The molecular weight excluding hydrogens is 380 g/mol. The smallest absolute Gasteiger partial charge is 0.326 e. The first-order chi connectivity index (χ1) is 13.7. The molecule has 0 aliphatic carbocycles. The van der Waals surface area contributed by atoms with E-state index in [0.717, 1.165) is 5.56 Å². The Morgan fingerprint density at radius 3 is 2.21 bits per heavy atom. The number of nitrogens with zero attached hydrogens (tertiary/aromatic N) is 1. The number of aliphatic hydroxyl groups excluding tert-OH is 1. The van der Waals surface area contributed by atoms with Gasteiger partial charge in [0.2, 0.25) is 11.8 Å². The summed E-state index contributed by atoms with van der Waals surface area (Å²) >= 11 is 0. The van der Waals surface area contributed by atoms with Gasteiger partial charge in [-0.05, 0) is 18.4 Å². The van der Waals surface area contributed by atoms with Crippen LogP contribution >= 0.6 is 0 Å². The van der Waals surface area contributed by atoms with E-state index in [-0.39, 0.29) is 25.3 Å². The van der Waals surface area contributed by atoms with Gasteiger partial charge in [0, 0.05) is 13.0 Å². The average molecular weight is 408 g/mol. The molecule has 0 saturated carbocycles. The van der Waals surface area contributed by atoms with Crippen molar-refractivity contribution in [1.82, 2.24) is 10.6 Å². The summed E-state index contributed by atoms with van der Waals surface area (Å²) in [5.41, 5.74) is 16.7. The number of hydrogen-bond acceptors (Lipinski definition) is 6. The van der Waals surface area contributed by atoms with Gasteiger partial charge >= 0.3 is 5.97 Å². The molecule has 11 nitrogen and oxygen atoms in total. The van der Waals surface area contributed by atoms with E-state index in [2.05, 4.69) is 15.6 Å². The Labute approximate surface area is 168 Å². The third-order valence-corrected chi connectivity index (χ3v) is 4.01. The number of benzene rings is 1. The highest BCUT2D eigenvalue weighted by Crippen LogP contribution is 2.06. The maximum Gasteiger partial charge on any atom is 0.326 e. The van der Waals surface area contributed by atoms with Gasteiger partial charge in [-0.2, -0.15) is 0 Å². The molecule has 0 unspecified atom stereocenters. The molecule has 29 heavy (non-hydrogen) atoms. The highest BCUT2D eigenvalue weighted by atomic mass is 16.4. The topological polar surface area (TPSA) is 206 Å². The molecule has 0 bridgehead atoms. The van der Waals surface area contributed by atoms with Gasteiger partial charge < -0.3 is 38.0 Å². The molecule has 0 fully saturated rings. The number of hydrogen-bond donors (Lipinski definition) is 7. The number of aliphatic imine (C=N–C) groups is 1. The Morgan fingerprint density at radius 1 is 1.03 bits per heavy atom. The number of guanidine groups is 1. The Bertz CT molecular complexity index is 708. The van der Waals surface area contributed by atoms with Gasteiger partial charge in [0.1, 0.15) is 18.1 Å². The summed E-state index contributed by atoms with van der Waals surface area (Å²) in [6, 6.07) is 5.43. The van der Waals surface area contributed by atoms with Gasteiger partial charge in [0.15, 0.2) is 5.96 Å². The molecule has 11 heteroatoms. The molecule has 0 spiro atoms. The number of nitrogens with one attached hydrogen (secondary N) is 2. The van der Waals surface area contributed by atoms with Gasteiger partial charge in [-0.15, -0.1) is 0 Å². The van der Waals surface area contributed by atoms with Gasteiger partial charge in [-0.25, -0.2) is 4.79 Å². The van der Waals surface area contributed by atoms with Crippen LogP contribution in [0.5, 0.6) is 0 Å². The predicted octanol–water partition coefficient (Wildman–Crippen LogP) is -2.34. The zero-order valence-corrected chi connectivity index (χ0v) is 16.0. The fourth-order valence-corrected chi connectivity index (χ4v) is 2.45. The zero-order valence-electron chi connectivity index (χ0n) is 16.0. The SMILES string of the molecule is NC(N)=NCCC[C@H](NC(=O)[C@H](Cc1ccccc1)NC(=O)[C@@H](N)CO)C(=O)O. The lowest BCUT2D eigenvalue weighted by atomic mass is 10.0. The quantitative estimate of drug-likeness (QED) is 0.113. The second-order valence-electron chi connectivity index (χ2n) is 6.39. The first kappa shape index (κ1) is 23.9. The second kappa shape index (κ2) is 12.3. The molecule has 0 saturated heterocycles. The number of carboxylic acids is 1. The van der Waals surface area contributed by atoms with Gasteiger partial charge in [-0.1, -0.05) is 30.3 Å². The molecule has 0 aliphatic heterocycles. The lowest BCUT2D eigenvalue weighted by Gasteiger charge is -2.22. The standard InChI is InChI=1S/C18H28N6O5/c19-12(10-25)15(26)24-14(9-11-5-2-1-3-6-11)16(27)23-13(17(28)29)7-4-8-22-18(20)21/h1-3,5-6,12-14,25H,4,7-10,19H2,(H,23,27)(H,24,26)(H,28,29)(H4,20,21,22)/t12-,13-,14-/m0/s1. The number of carboxylic acid groups (broad SMARTS) is 1. The molecule has 1 aromatic carbocycles. The summed E-state index contributed by atoms with van der Waals surface area (Å²) in [5, 5.41) is 23.3. The number of carbonyl (C=O) groups is 3. The van der Waals surface area contributed by atoms with Crippen molar-refractivity contribution in [3.63, 3.8) is 0 Å². The Morgan fingerprint density at radius 2 is 1.66 bits per heavy atom. The molecule has 1 rings (SSSR count). The van der Waals surface area contributed by atoms with E-state index < -0.39 is 42.5 Å². The maximum absolute atomic E-state index is 12.7. The summed E-state index contributed by atoms with van der Waals surface area (Å²) in [4.78, 5) is 40.0. The van der Waals surface area contributed by atoms with Crippen molar-refractivity contribution in [3.8, 4) is 0 Å². The lowest BCUT2D eigenvalue weighted by Crippen LogP contribution is -2.55. The summed E-state index contributed by atoms with van der Waals surface area (Å²) in [5.74, 6) is -2.73. The largest absolute Gasteiger partial charge is 0.480 e. The Balaban J connectivity index is 2.85. The van der Waals surface area contributed by atoms with E-state index in [0.29, 0.717) is 6.42 Å². The first-order valence-corrected chi connectivity index (χ1v) is 9.04. The molecule has 1 aromatic rings. The Kier molecular flexibility index (Phi) is 10.1. The van der Waals surface area contributed by atoms with Crippen molar-refractivity contribution in [2.75, 3.05) is 13.2 Å². The third kappa shape index (κ3) is 9.04. The minimum absolute atomic E-state index is 0.0972. The fourth-order valence-electron chi connectivity index (χ4n) is 2.45. The summed E-state index contributed by atoms with van der Waals surface area (Å²) < 4.78 is 0.